The van der Waals surface area contributed by atoms with Crippen molar-refractivity contribution < 1.29 is 9.59 Å². The molecule has 2 N–H and O–H groups in total. The maximum atomic E-state index is 12.2. The van der Waals surface area contributed by atoms with E-state index < -0.39 is 0 Å². The summed E-state index contributed by atoms with van der Waals surface area (Å²) in [4.78, 5) is 26.3. The highest BCUT2D eigenvalue weighted by Crippen LogP contribution is 2.49. The number of thiophene rings is 1. The van der Waals surface area contributed by atoms with Crippen LogP contribution in [0.1, 0.15) is 38.0 Å². The molecule has 1 aliphatic rings. The molecular weight excluding hydrogens is 308 g/mol. The van der Waals surface area contributed by atoms with Crippen molar-refractivity contribution in [1.82, 2.24) is 10.6 Å². The molecule has 1 heterocycles. The molecule has 120 valence electrons. The third kappa shape index (κ3) is 3.62. The van der Waals surface area contributed by atoms with Crippen molar-refractivity contribution in [2.75, 3.05) is 7.05 Å². The summed E-state index contributed by atoms with van der Waals surface area (Å²) in [5.74, 6) is 0.520. The van der Waals surface area contributed by atoms with Crippen molar-refractivity contribution in [2.45, 2.75) is 25.8 Å². The minimum absolute atomic E-state index is 0.104. The van der Waals surface area contributed by atoms with E-state index in [1.165, 1.54) is 9.75 Å². The van der Waals surface area contributed by atoms with Gasteiger partial charge in [0.25, 0.3) is 5.91 Å². The normalized spacial score (nSPS) is 19.2. The van der Waals surface area contributed by atoms with E-state index in [2.05, 4.69) is 29.7 Å². The molecule has 0 bridgehead atoms. The quantitative estimate of drug-likeness (QED) is 0.887. The van der Waals surface area contributed by atoms with Crippen molar-refractivity contribution in [3.05, 3.63) is 57.3 Å². The topological polar surface area (TPSA) is 58.2 Å². The Balaban J connectivity index is 1.51. The summed E-state index contributed by atoms with van der Waals surface area (Å²) in [5, 5.41) is 5.58. The monoisotopic (exact) mass is 328 g/mol. The molecule has 1 aromatic carbocycles. The first-order valence-corrected chi connectivity index (χ1v) is 8.55. The first-order valence-electron chi connectivity index (χ1n) is 7.73. The van der Waals surface area contributed by atoms with Crippen LogP contribution < -0.4 is 10.6 Å². The smallest absolute Gasteiger partial charge is 0.251 e. The van der Waals surface area contributed by atoms with E-state index in [-0.39, 0.29) is 17.7 Å². The van der Waals surface area contributed by atoms with Gasteiger partial charge in [-0.2, -0.15) is 0 Å². The summed E-state index contributed by atoms with van der Waals surface area (Å²) < 4.78 is 0. The molecule has 0 aliphatic heterocycles. The fourth-order valence-corrected chi connectivity index (χ4v) is 3.75. The van der Waals surface area contributed by atoms with Gasteiger partial charge in [-0.25, -0.2) is 0 Å². The molecule has 5 heteroatoms. The third-order valence-corrected chi connectivity index (χ3v) is 5.30. The lowest BCUT2D eigenvalue weighted by atomic mass is 10.1. The van der Waals surface area contributed by atoms with E-state index in [4.69, 9.17) is 0 Å². The number of amides is 2. The van der Waals surface area contributed by atoms with Gasteiger partial charge in [-0.1, -0.05) is 12.1 Å². The molecule has 0 unspecified atom stereocenters. The molecule has 0 radical (unpaired) electrons. The SMILES string of the molecule is CNC(=O)c1ccc(CNC(=O)[C@@H]2C[C@@H]2c2ccc(C)s2)cc1. The van der Waals surface area contributed by atoms with Crippen LogP contribution in [0.2, 0.25) is 0 Å². The zero-order chi connectivity index (χ0) is 16.4. The Hall–Kier alpha value is -2.14. The first-order chi connectivity index (χ1) is 11.1. The Morgan fingerprint density at radius 1 is 1.17 bits per heavy atom. The summed E-state index contributed by atoms with van der Waals surface area (Å²) >= 11 is 1.78. The van der Waals surface area contributed by atoms with E-state index in [1.807, 2.05) is 12.1 Å². The minimum Gasteiger partial charge on any atom is -0.355 e. The van der Waals surface area contributed by atoms with Crippen LogP contribution in [0.25, 0.3) is 0 Å². The van der Waals surface area contributed by atoms with Gasteiger partial charge in [0.15, 0.2) is 0 Å². The molecule has 1 aromatic heterocycles. The summed E-state index contributed by atoms with van der Waals surface area (Å²) in [6.07, 6.45) is 0.946. The second-order valence-corrected chi connectivity index (χ2v) is 7.21. The summed E-state index contributed by atoms with van der Waals surface area (Å²) in [6, 6.07) is 11.5. The minimum atomic E-state index is -0.104. The van der Waals surface area contributed by atoms with Gasteiger partial charge in [0, 0.05) is 40.7 Å². The molecule has 1 saturated carbocycles. The molecule has 2 aromatic rings. The zero-order valence-electron chi connectivity index (χ0n) is 13.3. The molecule has 23 heavy (non-hydrogen) atoms. The number of carbonyl (C=O) groups excluding carboxylic acids is 2. The Morgan fingerprint density at radius 2 is 1.91 bits per heavy atom. The van der Waals surface area contributed by atoms with Crippen LogP contribution in [-0.4, -0.2) is 18.9 Å². The maximum Gasteiger partial charge on any atom is 0.251 e. The Labute approximate surface area is 139 Å². The molecule has 4 nitrogen and oxygen atoms in total. The van der Waals surface area contributed by atoms with E-state index >= 15 is 0 Å². The second kappa shape index (κ2) is 6.54. The van der Waals surface area contributed by atoms with Gasteiger partial charge in [-0.05, 0) is 43.2 Å². The number of hydrogen-bond donors (Lipinski definition) is 2. The number of carbonyl (C=O) groups is 2. The lowest BCUT2D eigenvalue weighted by Gasteiger charge is -2.06. The number of benzene rings is 1. The number of aryl methyl sites for hydroxylation is 1. The molecule has 1 aliphatic carbocycles. The fourth-order valence-electron chi connectivity index (χ4n) is 2.69. The van der Waals surface area contributed by atoms with Crippen LogP contribution in [0.4, 0.5) is 0 Å². The van der Waals surface area contributed by atoms with E-state index in [9.17, 15) is 9.59 Å². The highest BCUT2D eigenvalue weighted by molar-refractivity contribution is 7.12. The molecule has 2 amide bonds. The molecule has 2 atom stereocenters. The molecule has 0 spiro atoms. The van der Waals surface area contributed by atoms with Crippen molar-refractivity contribution in [3.8, 4) is 0 Å². The van der Waals surface area contributed by atoms with Crippen LogP contribution >= 0.6 is 11.3 Å². The van der Waals surface area contributed by atoms with Crippen molar-refractivity contribution >= 4 is 23.2 Å². The largest absolute Gasteiger partial charge is 0.355 e. The Kier molecular flexibility index (Phi) is 4.48. The van der Waals surface area contributed by atoms with Crippen LogP contribution in [0.5, 0.6) is 0 Å². The van der Waals surface area contributed by atoms with Crippen LogP contribution in [0.3, 0.4) is 0 Å². The Morgan fingerprint density at radius 3 is 2.52 bits per heavy atom. The third-order valence-electron chi connectivity index (χ3n) is 4.16. The number of hydrogen-bond acceptors (Lipinski definition) is 3. The van der Waals surface area contributed by atoms with Crippen LogP contribution in [0.15, 0.2) is 36.4 Å². The second-order valence-electron chi connectivity index (χ2n) is 5.89. The molecule has 1 fully saturated rings. The predicted octanol–water partition coefficient (Wildman–Crippen LogP) is 2.84. The highest BCUT2D eigenvalue weighted by atomic mass is 32.1. The van der Waals surface area contributed by atoms with Crippen molar-refractivity contribution in [1.29, 1.82) is 0 Å². The van der Waals surface area contributed by atoms with Gasteiger partial charge < -0.3 is 10.6 Å². The summed E-state index contributed by atoms with van der Waals surface area (Å²) in [6.45, 7) is 2.59. The van der Waals surface area contributed by atoms with Crippen molar-refractivity contribution in [3.63, 3.8) is 0 Å². The molecule has 3 rings (SSSR count). The molecular formula is C18H20N2O2S. The lowest BCUT2D eigenvalue weighted by molar-refractivity contribution is -0.122. The number of rotatable bonds is 5. The first kappa shape index (κ1) is 15.7. The summed E-state index contributed by atoms with van der Waals surface area (Å²) in [5.41, 5.74) is 1.62. The molecule has 0 saturated heterocycles. The Bertz CT molecular complexity index is 721. The lowest BCUT2D eigenvalue weighted by Crippen LogP contribution is -2.25. The van der Waals surface area contributed by atoms with Crippen LogP contribution in [0, 0.1) is 12.8 Å². The van der Waals surface area contributed by atoms with Gasteiger partial charge in [-0.3, -0.25) is 9.59 Å². The van der Waals surface area contributed by atoms with Gasteiger partial charge in [0.1, 0.15) is 0 Å². The van der Waals surface area contributed by atoms with Gasteiger partial charge in [-0.15, -0.1) is 11.3 Å². The maximum absolute atomic E-state index is 12.2. The van der Waals surface area contributed by atoms with E-state index in [0.717, 1.165) is 12.0 Å². The summed E-state index contributed by atoms with van der Waals surface area (Å²) in [7, 11) is 1.61. The number of nitrogens with one attached hydrogen (secondary N) is 2. The average Bonchev–Trinajstić information content (AvgIpc) is 3.26. The van der Waals surface area contributed by atoms with Gasteiger partial charge >= 0.3 is 0 Å². The van der Waals surface area contributed by atoms with E-state index in [1.54, 1.807) is 30.5 Å². The highest BCUT2D eigenvalue weighted by Gasteiger charge is 2.44. The van der Waals surface area contributed by atoms with Crippen molar-refractivity contribution in [2.24, 2.45) is 5.92 Å². The van der Waals surface area contributed by atoms with Crippen LogP contribution in [-0.2, 0) is 11.3 Å². The fraction of sp³-hybridized carbons (Fsp3) is 0.333. The van der Waals surface area contributed by atoms with Gasteiger partial charge in [0.2, 0.25) is 5.91 Å². The van der Waals surface area contributed by atoms with E-state index in [0.29, 0.717) is 18.0 Å². The predicted molar refractivity (Wildman–Crippen MR) is 91.6 cm³/mol. The standard InChI is InChI=1S/C18H20N2O2S/c1-11-3-8-16(23-11)14-9-15(14)18(22)20-10-12-4-6-13(7-5-12)17(21)19-2/h3-8,14-15H,9-10H2,1-2H3,(H,19,21)(H,20,22)/t14-,15+/m0/s1. The average molecular weight is 328 g/mol. The zero-order valence-corrected chi connectivity index (χ0v) is 14.1. The van der Waals surface area contributed by atoms with Gasteiger partial charge in [0.05, 0.1) is 0 Å².